The van der Waals surface area contributed by atoms with Gasteiger partial charge in [0.1, 0.15) is 0 Å². The molecule has 0 amide bonds. The van der Waals surface area contributed by atoms with Crippen molar-refractivity contribution in [2.24, 2.45) is 0 Å². The highest BCUT2D eigenvalue weighted by atomic mass is 28.4. The zero-order valence-electron chi connectivity index (χ0n) is 15.4. The first-order chi connectivity index (χ1) is 12.0. The Morgan fingerprint density at radius 1 is 0.840 bits per heavy atom. The zero-order chi connectivity index (χ0) is 18.2. The topological polar surface area (TPSA) is 42.2 Å². The van der Waals surface area contributed by atoms with E-state index in [0.29, 0.717) is 26.2 Å². The lowest BCUT2D eigenvalue weighted by Gasteiger charge is -2.43. The summed E-state index contributed by atoms with van der Waals surface area (Å²) in [6, 6.07) is 23.2. The number of nitrogens with zero attached hydrogens (tertiary/aromatic N) is 1. The van der Waals surface area contributed by atoms with Crippen molar-refractivity contribution < 1.29 is 9.16 Å². The van der Waals surface area contributed by atoms with Crippen LogP contribution in [0.1, 0.15) is 27.2 Å². The molecule has 0 radical (unpaired) electrons. The average molecular weight is 354 g/mol. The third kappa shape index (κ3) is 4.58. The summed E-state index contributed by atoms with van der Waals surface area (Å²) in [5, 5.41) is 11.1. The van der Waals surface area contributed by atoms with Gasteiger partial charge in [-0.25, -0.2) is 0 Å². The Bertz CT molecular complexity index is 635. The van der Waals surface area contributed by atoms with Gasteiger partial charge in [0.15, 0.2) is 0 Å². The maximum absolute atomic E-state index is 8.60. The van der Waals surface area contributed by atoms with Gasteiger partial charge in [-0.15, -0.1) is 0 Å². The summed E-state index contributed by atoms with van der Waals surface area (Å²) in [6.45, 7) is 8.27. The average Bonchev–Trinajstić information content (AvgIpc) is 2.62. The van der Waals surface area contributed by atoms with Crippen molar-refractivity contribution in [3.8, 4) is 6.07 Å². The molecule has 0 saturated carbocycles. The molecule has 0 bridgehead atoms. The molecule has 0 aromatic heterocycles. The van der Waals surface area contributed by atoms with Crippen LogP contribution in [0.4, 0.5) is 0 Å². The number of ether oxygens (including phenoxy) is 1. The van der Waals surface area contributed by atoms with Crippen molar-refractivity contribution in [1.82, 2.24) is 0 Å². The first-order valence-electron chi connectivity index (χ1n) is 8.72. The molecule has 132 valence electrons. The van der Waals surface area contributed by atoms with E-state index < -0.39 is 8.32 Å². The SMILES string of the molecule is CC(C)(C)[Si](OCCOCCC#N)(c1ccccc1)c1ccccc1. The van der Waals surface area contributed by atoms with E-state index in [1.165, 1.54) is 10.4 Å². The van der Waals surface area contributed by atoms with Crippen LogP contribution in [0.5, 0.6) is 0 Å². The van der Waals surface area contributed by atoms with Gasteiger partial charge in [0, 0.05) is 0 Å². The highest BCUT2D eigenvalue weighted by Gasteiger charge is 2.49. The van der Waals surface area contributed by atoms with Crippen LogP contribution in [-0.4, -0.2) is 28.1 Å². The molecule has 0 saturated heterocycles. The molecule has 0 spiro atoms. The summed E-state index contributed by atoms with van der Waals surface area (Å²) in [4.78, 5) is 0. The summed E-state index contributed by atoms with van der Waals surface area (Å²) in [5.41, 5.74) is 0. The molecule has 0 unspecified atom stereocenters. The largest absolute Gasteiger partial charge is 0.405 e. The molecule has 2 aromatic rings. The second-order valence-corrected chi connectivity index (χ2v) is 11.3. The van der Waals surface area contributed by atoms with E-state index in [1.54, 1.807) is 0 Å². The summed E-state index contributed by atoms with van der Waals surface area (Å²) < 4.78 is 12.2. The van der Waals surface area contributed by atoms with Gasteiger partial charge in [0.2, 0.25) is 0 Å². The predicted octanol–water partition coefficient (Wildman–Crippen LogP) is 3.49. The van der Waals surface area contributed by atoms with Crippen LogP contribution < -0.4 is 10.4 Å². The van der Waals surface area contributed by atoms with Gasteiger partial charge in [-0.05, 0) is 15.4 Å². The fourth-order valence-corrected chi connectivity index (χ4v) is 7.78. The van der Waals surface area contributed by atoms with Gasteiger partial charge >= 0.3 is 0 Å². The fourth-order valence-electron chi connectivity index (χ4n) is 3.24. The molecule has 0 fully saturated rings. The normalized spacial score (nSPS) is 11.9. The van der Waals surface area contributed by atoms with Crippen molar-refractivity contribution in [1.29, 1.82) is 5.26 Å². The van der Waals surface area contributed by atoms with Gasteiger partial charge in [-0.2, -0.15) is 5.26 Å². The number of rotatable bonds is 8. The Morgan fingerprint density at radius 3 is 1.80 bits per heavy atom. The van der Waals surface area contributed by atoms with Crippen molar-refractivity contribution in [3.05, 3.63) is 60.7 Å². The van der Waals surface area contributed by atoms with Crippen LogP contribution in [0.3, 0.4) is 0 Å². The van der Waals surface area contributed by atoms with Crippen LogP contribution in [0.15, 0.2) is 60.7 Å². The van der Waals surface area contributed by atoms with E-state index in [1.807, 2.05) is 12.1 Å². The second-order valence-electron chi connectivity index (χ2n) is 7.03. The van der Waals surface area contributed by atoms with E-state index >= 15 is 0 Å². The minimum atomic E-state index is -2.46. The molecule has 3 nitrogen and oxygen atoms in total. The Labute approximate surface area is 152 Å². The molecule has 2 aromatic carbocycles. The number of hydrogen-bond acceptors (Lipinski definition) is 3. The Balaban J connectivity index is 2.34. The first-order valence-corrected chi connectivity index (χ1v) is 10.6. The lowest BCUT2D eigenvalue weighted by Crippen LogP contribution is -2.66. The molecule has 0 atom stereocenters. The molecule has 25 heavy (non-hydrogen) atoms. The lowest BCUT2D eigenvalue weighted by molar-refractivity contribution is 0.101. The van der Waals surface area contributed by atoms with E-state index in [-0.39, 0.29) is 5.04 Å². The predicted molar refractivity (Wildman–Crippen MR) is 105 cm³/mol. The molecule has 0 aliphatic carbocycles. The molecular weight excluding hydrogens is 326 g/mol. The van der Waals surface area contributed by atoms with E-state index in [2.05, 4.69) is 75.4 Å². The molecule has 4 heteroatoms. The number of benzene rings is 2. The van der Waals surface area contributed by atoms with Gasteiger partial charge in [0.05, 0.1) is 32.3 Å². The Kier molecular flexibility index (Phi) is 6.95. The van der Waals surface area contributed by atoms with Crippen molar-refractivity contribution in [3.63, 3.8) is 0 Å². The van der Waals surface area contributed by atoms with Crippen molar-refractivity contribution >= 4 is 18.7 Å². The Morgan fingerprint density at radius 2 is 1.36 bits per heavy atom. The summed E-state index contributed by atoms with van der Waals surface area (Å²) in [5.74, 6) is 0. The van der Waals surface area contributed by atoms with Crippen LogP contribution in [-0.2, 0) is 9.16 Å². The lowest BCUT2D eigenvalue weighted by atomic mass is 10.2. The number of nitriles is 1. The molecule has 0 heterocycles. The standard InChI is InChI=1S/C21H27NO2Si/c1-21(2,3)25(19-11-6-4-7-12-19,20-13-8-5-9-14-20)24-18-17-23-16-10-15-22/h4-9,11-14H,10,16-18H2,1-3H3. The minimum absolute atomic E-state index is 0.0254. The highest BCUT2D eigenvalue weighted by Crippen LogP contribution is 2.36. The fraction of sp³-hybridized carbons (Fsp3) is 0.381. The Hall–Kier alpha value is -1.93. The third-order valence-electron chi connectivity index (χ3n) is 4.32. The van der Waals surface area contributed by atoms with E-state index in [9.17, 15) is 0 Å². The molecule has 0 aliphatic rings. The first kappa shape index (κ1) is 19.4. The van der Waals surface area contributed by atoms with Crippen LogP contribution in [0.25, 0.3) is 0 Å². The molecular formula is C21H27NO2Si. The highest BCUT2D eigenvalue weighted by molar-refractivity contribution is 6.99. The van der Waals surface area contributed by atoms with Crippen molar-refractivity contribution in [2.45, 2.75) is 32.2 Å². The minimum Gasteiger partial charge on any atom is -0.405 e. The van der Waals surface area contributed by atoms with Crippen LogP contribution in [0.2, 0.25) is 5.04 Å². The van der Waals surface area contributed by atoms with Crippen LogP contribution in [0, 0.1) is 11.3 Å². The number of hydrogen-bond donors (Lipinski definition) is 0. The zero-order valence-corrected chi connectivity index (χ0v) is 16.4. The maximum atomic E-state index is 8.60. The van der Waals surface area contributed by atoms with Gasteiger partial charge in [0.25, 0.3) is 8.32 Å². The quantitative estimate of drug-likeness (QED) is 0.539. The van der Waals surface area contributed by atoms with Gasteiger partial charge in [-0.3, -0.25) is 0 Å². The second kappa shape index (κ2) is 8.96. The third-order valence-corrected chi connectivity index (χ3v) is 9.36. The van der Waals surface area contributed by atoms with Gasteiger partial charge in [-0.1, -0.05) is 81.4 Å². The molecule has 0 N–H and O–H groups in total. The molecule has 2 rings (SSSR count). The van der Waals surface area contributed by atoms with E-state index in [4.69, 9.17) is 14.4 Å². The maximum Gasteiger partial charge on any atom is 0.261 e. The summed E-state index contributed by atoms with van der Waals surface area (Å²) in [6.07, 6.45) is 0.416. The summed E-state index contributed by atoms with van der Waals surface area (Å²) >= 11 is 0. The summed E-state index contributed by atoms with van der Waals surface area (Å²) in [7, 11) is -2.46. The molecule has 0 aliphatic heterocycles. The van der Waals surface area contributed by atoms with Crippen molar-refractivity contribution in [2.75, 3.05) is 19.8 Å². The smallest absolute Gasteiger partial charge is 0.261 e. The van der Waals surface area contributed by atoms with E-state index in [0.717, 1.165) is 0 Å². The monoisotopic (exact) mass is 353 g/mol. The van der Waals surface area contributed by atoms with Crippen LogP contribution >= 0.6 is 0 Å². The van der Waals surface area contributed by atoms with Gasteiger partial charge < -0.3 is 9.16 Å².